The van der Waals surface area contributed by atoms with Crippen LogP contribution in [0.2, 0.25) is 0 Å². The predicted octanol–water partition coefficient (Wildman–Crippen LogP) is 0.00560. The Kier molecular flexibility index (Phi) is 9.53. The number of aliphatic hydroxyl groups excluding tert-OH is 2. The Balaban J connectivity index is 4.18. The number of nitrogens with zero attached hydrogens (tertiary/aromatic N) is 2. The second kappa shape index (κ2) is 10.0. The van der Waals surface area contributed by atoms with Crippen LogP contribution in [0, 0.1) is 0 Å². The highest BCUT2D eigenvalue weighted by molar-refractivity contribution is 7.97. The molecule has 4 N–H and O–H groups in total. The van der Waals surface area contributed by atoms with Gasteiger partial charge < -0.3 is 20.4 Å². The first kappa shape index (κ1) is 17.1. The minimum absolute atomic E-state index is 0.0204. The van der Waals surface area contributed by atoms with Crippen molar-refractivity contribution in [2.45, 2.75) is 0 Å². The Morgan fingerprint density at radius 2 is 1.22 bits per heavy atom. The first-order valence-corrected chi connectivity index (χ1v) is 6.29. The van der Waals surface area contributed by atoms with Crippen LogP contribution in [-0.2, 0) is 9.98 Å². The lowest BCUT2D eigenvalue weighted by Crippen LogP contribution is -2.30. The topological polar surface area (TPSA) is 140 Å². The van der Waals surface area contributed by atoms with E-state index < -0.39 is 12.2 Å². The van der Waals surface area contributed by atoms with Crippen molar-refractivity contribution in [1.82, 2.24) is 8.94 Å². The van der Waals surface area contributed by atoms with Gasteiger partial charge in [0.15, 0.2) is 0 Å². The van der Waals surface area contributed by atoms with Crippen LogP contribution < -0.4 is 0 Å². The third-order valence-corrected chi connectivity index (χ3v) is 2.71. The van der Waals surface area contributed by atoms with Crippen LogP contribution in [0.15, 0.2) is 0 Å². The van der Waals surface area contributed by atoms with E-state index in [0.717, 1.165) is 0 Å². The summed E-state index contributed by atoms with van der Waals surface area (Å²) in [6.07, 6.45) is -3.07. The van der Waals surface area contributed by atoms with Crippen molar-refractivity contribution in [1.29, 1.82) is 0 Å². The van der Waals surface area contributed by atoms with E-state index >= 15 is 0 Å². The maximum atomic E-state index is 10.6. The molecule has 0 aromatic carbocycles. The highest BCUT2D eigenvalue weighted by atomic mass is 32.2. The molecule has 18 heavy (non-hydrogen) atoms. The minimum Gasteiger partial charge on any atom is -0.463 e. The van der Waals surface area contributed by atoms with E-state index in [-0.39, 0.29) is 33.7 Å². The number of hydrogen-bond donors (Lipinski definition) is 4. The van der Waals surface area contributed by atoms with E-state index in [1.807, 2.05) is 0 Å². The van der Waals surface area contributed by atoms with Crippen LogP contribution in [0.1, 0.15) is 0 Å². The SMILES string of the molecule is O=C(O)N(OON(SCCO)C(=O)O)SCCO. The molecular formula is C6H12N2O8S2. The molecule has 0 radical (unpaired) electrons. The zero-order valence-electron chi connectivity index (χ0n) is 8.96. The normalized spacial score (nSPS) is 10.1. The van der Waals surface area contributed by atoms with Crippen molar-refractivity contribution >= 4 is 36.1 Å². The van der Waals surface area contributed by atoms with Gasteiger partial charge in [-0.25, -0.2) is 9.59 Å². The van der Waals surface area contributed by atoms with Crippen molar-refractivity contribution in [3.8, 4) is 0 Å². The lowest BCUT2D eigenvalue weighted by Gasteiger charge is -2.18. The Hall–Kier alpha value is -0.920. The molecule has 0 aliphatic carbocycles. The lowest BCUT2D eigenvalue weighted by atomic mass is 10.9. The van der Waals surface area contributed by atoms with Crippen molar-refractivity contribution in [3.63, 3.8) is 0 Å². The summed E-state index contributed by atoms with van der Waals surface area (Å²) in [6, 6.07) is 0. The first-order valence-electron chi connectivity index (χ1n) is 4.41. The molecule has 0 rings (SSSR count). The molecule has 0 atom stereocenters. The molecule has 10 nitrogen and oxygen atoms in total. The number of carboxylic acid groups (broad SMARTS) is 2. The molecule has 0 bridgehead atoms. The van der Waals surface area contributed by atoms with Gasteiger partial charge in [-0.3, -0.25) is 0 Å². The first-order chi connectivity index (χ1) is 8.52. The second-order valence-electron chi connectivity index (χ2n) is 2.34. The van der Waals surface area contributed by atoms with E-state index in [0.29, 0.717) is 23.9 Å². The number of carbonyl (C=O) groups is 2. The minimum atomic E-state index is -1.54. The quantitative estimate of drug-likeness (QED) is 0.261. The fourth-order valence-corrected chi connectivity index (χ4v) is 1.38. The van der Waals surface area contributed by atoms with E-state index in [1.54, 1.807) is 0 Å². The Morgan fingerprint density at radius 3 is 1.44 bits per heavy atom. The highest BCUT2D eigenvalue weighted by Crippen LogP contribution is 2.15. The molecule has 0 unspecified atom stereocenters. The molecule has 12 heteroatoms. The number of aliphatic hydroxyl groups is 2. The average Bonchev–Trinajstić information content (AvgIpc) is 2.31. The van der Waals surface area contributed by atoms with E-state index in [2.05, 4.69) is 9.98 Å². The summed E-state index contributed by atoms with van der Waals surface area (Å²) in [5.74, 6) is 0.0407. The largest absolute Gasteiger partial charge is 0.463 e. The average molecular weight is 304 g/mol. The standard InChI is InChI=1S/C6H12N2O8S2/c9-1-3-17-7(5(11)12)15-16-8(6(13)14)18-4-2-10/h9-10H,1-4H2,(H,11,12)(H,13,14). The van der Waals surface area contributed by atoms with Crippen molar-refractivity contribution < 1.29 is 40.0 Å². The van der Waals surface area contributed by atoms with Crippen LogP contribution in [0.4, 0.5) is 9.59 Å². The fourth-order valence-electron chi connectivity index (χ4n) is 0.525. The maximum Gasteiger partial charge on any atom is 0.444 e. The monoisotopic (exact) mass is 304 g/mol. The smallest absolute Gasteiger partial charge is 0.444 e. The van der Waals surface area contributed by atoms with Crippen LogP contribution in [-0.4, -0.2) is 66.3 Å². The molecule has 106 valence electrons. The third-order valence-electron chi connectivity index (χ3n) is 1.08. The second-order valence-corrected chi connectivity index (χ2v) is 4.34. The molecule has 2 amide bonds. The summed E-state index contributed by atoms with van der Waals surface area (Å²) in [4.78, 5) is 29.7. The number of hydrogen-bond acceptors (Lipinski definition) is 8. The summed E-state index contributed by atoms with van der Waals surface area (Å²) < 4.78 is 0.483. The molecular weight excluding hydrogens is 292 g/mol. The predicted molar refractivity (Wildman–Crippen MR) is 61.0 cm³/mol. The summed E-state index contributed by atoms with van der Waals surface area (Å²) in [5.41, 5.74) is 0. The molecule has 0 saturated heterocycles. The van der Waals surface area contributed by atoms with Crippen LogP contribution >= 0.6 is 23.9 Å². The zero-order chi connectivity index (χ0) is 14.0. The van der Waals surface area contributed by atoms with Gasteiger partial charge in [-0.15, -0.1) is 0 Å². The van der Waals surface area contributed by atoms with Gasteiger partial charge in [-0.05, 0) is 23.9 Å². The molecule has 0 aliphatic rings. The Morgan fingerprint density at radius 1 is 0.889 bits per heavy atom. The number of hydroxylamine groups is 2. The van der Waals surface area contributed by atoms with Crippen molar-refractivity contribution in [2.75, 3.05) is 24.7 Å². The summed E-state index contributed by atoms with van der Waals surface area (Å²) in [5, 5.41) is 34.3. The maximum absolute atomic E-state index is 10.6. The van der Waals surface area contributed by atoms with Gasteiger partial charge in [-0.2, -0.15) is 0 Å². The lowest BCUT2D eigenvalue weighted by molar-refractivity contribution is -0.440. The molecule has 0 aromatic rings. The molecule has 0 fully saturated rings. The van der Waals surface area contributed by atoms with Gasteiger partial charge in [0.1, 0.15) is 0 Å². The highest BCUT2D eigenvalue weighted by Gasteiger charge is 2.20. The zero-order valence-corrected chi connectivity index (χ0v) is 10.6. The molecule has 0 spiro atoms. The van der Waals surface area contributed by atoms with Gasteiger partial charge in [0.2, 0.25) is 0 Å². The van der Waals surface area contributed by atoms with Gasteiger partial charge in [0.25, 0.3) is 0 Å². The number of rotatable bonds is 9. The summed E-state index contributed by atoms with van der Waals surface area (Å²) in [6.45, 7) is -0.584. The Bertz CT molecular complexity index is 242. The van der Waals surface area contributed by atoms with E-state index in [4.69, 9.17) is 20.4 Å². The molecule has 0 heterocycles. The Labute approximate surface area is 110 Å². The summed E-state index contributed by atoms with van der Waals surface area (Å²) >= 11 is 1.13. The van der Waals surface area contributed by atoms with Crippen LogP contribution in [0.3, 0.4) is 0 Å². The van der Waals surface area contributed by atoms with Gasteiger partial charge in [0.05, 0.1) is 13.2 Å². The number of amides is 2. The van der Waals surface area contributed by atoms with Gasteiger partial charge >= 0.3 is 12.2 Å². The van der Waals surface area contributed by atoms with Crippen LogP contribution in [0.5, 0.6) is 0 Å². The molecule has 0 aromatic heterocycles. The molecule has 0 saturated carbocycles. The fraction of sp³-hybridized carbons (Fsp3) is 0.667. The van der Waals surface area contributed by atoms with Crippen molar-refractivity contribution in [3.05, 3.63) is 0 Å². The van der Waals surface area contributed by atoms with Crippen molar-refractivity contribution in [2.24, 2.45) is 0 Å². The summed E-state index contributed by atoms with van der Waals surface area (Å²) in [7, 11) is 0. The van der Waals surface area contributed by atoms with E-state index in [9.17, 15) is 9.59 Å². The third kappa shape index (κ3) is 7.41. The van der Waals surface area contributed by atoms with Gasteiger partial charge in [0, 0.05) is 11.5 Å². The van der Waals surface area contributed by atoms with Gasteiger partial charge in [-0.1, -0.05) is 18.9 Å². The van der Waals surface area contributed by atoms with E-state index in [1.165, 1.54) is 0 Å². The van der Waals surface area contributed by atoms with Crippen LogP contribution in [0.25, 0.3) is 0 Å². The molecule has 0 aliphatic heterocycles.